The zero-order chi connectivity index (χ0) is 19.2. The van der Waals surface area contributed by atoms with Crippen LogP contribution in [0.2, 0.25) is 0 Å². The highest BCUT2D eigenvalue weighted by molar-refractivity contribution is 5.94. The topological polar surface area (TPSA) is 58.2 Å². The molecule has 0 heterocycles. The van der Waals surface area contributed by atoms with Gasteiger partial charge in [-0.25, -0.2) is 0 Å². The first-order valence-corrected chi connectivity index (χ1v) is 9.73. The van der Waals surface area contributed by atoms with E-state index in [0.717, 1.165) is 48.1 Å². The van der Waals surface area contributed by atoms with Gasteiger partial charge < -0.3 is 10.6 Å². The Labute approximate surface area is 161 Å². The van der Waals surface area contributed by atoms with Crippen molar-refractivity contribution in [1.29, 1.82) is 0 Å². The lowest BCUT2D eigenvalue weighted by atomic mass is 9.81. The molecule has 3 rings (SSSR count). The normalized spacial score (nSPS) is 19.3. The van der Waals surface area contributed by atoms with Gasteiger partial charge in [0.25, 0.3) is 0 Å². The Hall–Kier alpha value is -2.62. The summed E-state index contributed by atoms with van der Waals surface area (Å²) in [6, 6.07) is 16.0. The van der Waals surface area contributed by atoms with Crippen LogP contribution in [0.25, 0.3) is 0 Å². The van der Waals surface area contributed by atoms with E-state index in [9.17, 15) is 9.59 Å². The number of nitrogens with one attached hydrogen (secondary N) is 2. The highest BCUT2D eigenvalue weighted by atomic mass is 16.2. The number of aryl methyl sites for hydroxylation is 2. The number of benzene rings is 2. The van der Waals surface area contributed by atoms with Crippen LogP contribution in [0.4, 0.5) is 5.69 Å². The maximum atomic E-state index is 12.6. The van der Waals surface area contributed by atoms with Gasteiger partial charge in [-0.05, 0) is 56.2 Å². The van der Waals surface area contributed by atoms with Crippen LogP contribution in [-0.2, 0) is 16.1 Å². The summed E-state index contributed by atoms with van der Waals surface area (Å²) in [4.78, 5) is 25.1. The summed E-state index contributed by atoms with van der Waals surface area (Å²) in [5.41, 5.74) is 4.19. The summed E-state index contributed by atoms with van der Waals surface area (Å²) < 4.78 is 0. The van der Waals surface area contributed by atoms with Gasteiger partial charge in [-0.1, -0.05) is 48.5 Å². The predicted molar refractivity (Wildman–Crippen MR) is 108 cm³/mol. The summed E-state index contributed by atoms with van der Waals surface area (Å²) >= 11 is 0. The minimum absolute atomic E-state index is 0.0119. The van der Waals surface area contributed by atoms with Crippen LogP contribution < -0.4 is 10.6 Å². The number of hydrogen-bond donors (Lipinski definition) is 2. The van der Waals surface area contributed by atoms with E-state index in [0.29, 0.717) is 6.54 Å². The smallest absolute Gasteiger partial charge is 0.227 e. The highest BCUT2D eigenvalue weighted by Crippen LogP contribution is 2.30. The second-order valence-corrected chi connectivity index (χ2v) is 7.51. The maximum absolute atomic E-state index is 12.6. The van der Waals surface area contributed by atoms with Gasteiger partial charge in [0.15, 0.2) is 0 Å². The molecule has 0 spiro atoms. The predicted octanol–water partition coefficient (Wildman–Crippen LogP) is 4.36. The fraction of sp³-hybridized carbons (Fsp3) is 0.391. The van der Waals surface area contributed by atoms with Crippen LogP contribution in [0.1, 0.15) is 42.4 Å². The van der Waals surface area contributed by atoms with Gasteiger partial charge in [0.2, 0.25) is 11.8 Å². The van der Waals surface area contributed by atoms with Crippen molar-refractivity contribution >= 4 is 17.5 Å². The molecule has 4 heteroatoms. The molecule has 2 amide bonds. The van der Waals surface area contributed by atoms with Gasteiger partial charge >= 0.3 is 0 Å². The molecule has 2 aromatic rings. The van der Waals surface area contributed by atoms with Crippen LogP contribution in [0.5, 0.6) is 0 Å². The number of amides is 2. The minimum Gasteiger partial charge on any atom is -0.352 e. The van der Waals surface area contributed by atoms with Gasteiger partial charge in [-0.2, -0.15) is 0 Å². The Balaban J connectivity index is 1.48. The molecule has 0 radical (unpaired) electrons. The van der Waals surface area contributed by atoms with Gasteiger partial charge in [0.05, 0.1) is 0 Å². The van der Waals surface area contributed by atoms with Crippen molar-refractivity contribution < 1.29 is 9.59 Å². The largest absolute Gasteiger partial charge is 0.352 e. The van der Waals surface area contributed by atoms with E-state index in [2.05, 4.69) is 10.6 Å². The third kappa shape index (κ3) is 4.97. The maximum Gasteiger partial charge on any atom is 0.227 e. The summed E-state index contributed by atoms with van der Waals surface area (Å²) in [7, 11) is 0. The van der Waals surface area contributed by atoms with Crippen LogP contribution >= 0.6 is 0 Å². The Kier molecular flexibility index (Phi) is 6.28. The van der Waals surface area contributed by atoms with Crippen molar-refractivity contribution in [1.82, 2.24) is 5.32 Å². The van der Waals surface area contributed by atoms with Gasteiger partial charge in [-0.15, -0.1) is 0 Å². The SMILES string of the molecule is Cc1cccc(C)c1NC(=O)C1CCC(C(=O)NCc2ccccc2)CC1. The molecule has 2 N–H and O–H groups in total. The van der Waals surface area contributed by atoms with Crippen LogP contribution in [-0.4, -0.2) is 11.8 Å². The number of carbonyl (C=O) groups excluding carboxylic acids is 2. The van der Waals surface area contributed by atoms with Crippen molar-refractivity contribution in [3.05, 3.63) is 65.2 Å². The number of anilines is 1. The molecular formula is C23H28N2O2. The highest BCUT2D eigenvalue weighted by Gasteiger charge is 2.30. The quantitative estimate of drug-likeness (QED) is 0.828. The molecule has 1 aliphatic rings. The van der Waals surface area contributed by atoms with E-state index in [1.807, 2.05) is 62.4 Å². The van der Waals surface area contributed by atoms with Gasteiger partial charge in [0, 0.05) is 24.1 Å². The van der Waals surface area contributed by atoms with Crippen LogP contribution in [0.3, 0.4) is 0 Å². The second kappa shape index (κ2) is 8.85. The lowest BCUT2D eigenvalue weighted by Gasteiger charge is -2.27. The fourth-order valence-corrected chi connectivity index (χ4v) is 3.78. The number of para-hydroxylation sites is 1. The third-order valence-electron chi connectivity index (χ3n) is 5.51. The van der Waals surface area contributed by atoms with Crippen molar-refractivity contribution in [2.45, 2.75) is 46.1 Å². The molecule has 0 atom stereocenters. The molecule has 142 valence electrons. The van der Waals surface area contributed by atoms with E-state index < -0.39 is 0 Å². The zero-order valence-corrected chi connectivity index (χ0v) is 16.1. The first-order valence-electron chi connectivity index (χ1n) is 9.73. The monoisotopic (exact) mass is 364 g/mol. The molecule has 0 bridgehead atoms. The Morgan fingerprint density at radius 2 is 1.37 bits per heavy atom. The standard InChI is InChI=1S/C23H28N2O2/c1-16-7-6-8-17(2)21(16)25-23(27)20-13-11-19(12-14-20)22(26)24-15-18-9-4-3-5-10-18/h3-10,19-20H,11-15H2,1-2H3,(H,24,26)(H,25,27). The first-order chi connectivity index (χ1) is 13.0. The number of hydrogen-bond acceptors (Lipinski definition) is 2. The molecule has 4 nitrogen and oxygen atoms in total. The second-order valence-electron chi connectivity index (χ2n) is 7.51. The van der Waals surface area contributed by atoms with E-state index >= 15 is 0 Å². The summed E-state index contributed by atoms with van der Waals surface area (Å²) in [6.45, 7) is 4.58. The van der Waals surface area contributed by atoms with Crippen LogP contribution in [0, 0.1) is 25.7 Å². The van der Waals surface area contributed by atoms with Crippen molar-refractivity contribution in [3.63, 3.8) is 0 Å². The van der Waals surface area contributed by atoms with E-state index in [1.165, 1.54) is 0 Å². The van der Waals surface area contributed by atoms with Crippen LogP contribution in [0.15, 0.2) is 48.5 Å². The average Bonchev–Trinajstić information content (AvgIpc) is 2.70. The summed E-state index contributed by atoms with van der Waals surface area (Å²) in [6.07, 6.45) is 3.07. The van der Waals surface area contributed by atoms with E-state index in [1.54, 1.807) is 0 Å². The zero-order valence-electron chi connectivity index (χ0n) is 16.1. The Bertz CT molecular complexity index is 773. The molecule has 1 aliphatic carbocycles. The van der Waals surface area contributed by atoms with Crippen molar-refractivity contribution in [3.8, 4) is 0 Å². The van der Waals surface area contributed by atoms with Crippen molar-refractivity contribution in [2.75, 3.05) is 5.32 Å². The molecule has 1 saturated carbocycles. The van der Waals surface area contributed by atoms with Gasteiger partial charge in [0.1, 0.15) is 0 Å². The summed E-state index contributed by atoms with van der Waals surface area (Å²) in [5, 5.41) is 6.13. The lowest BCUT2D eigenvalue weighted by molar-refractivity contribution is -0.128. The Morgan fingerprint density at radius 1 is 0.815 bits per heavy atom. The molecule has 2 aromatic carbocycles. The average molecular weight is 364 g/mol. The molecule has 0 saturated heterocycles. The van der Waals surface area contributed by atoms with E-state index in [-0.39, 0.29) is 23.7 Å². The fourth-order valence-electron chi connectivity index (χ4n) is 3.78. The molecule has 0 aromatic heterocycles. The summed E-state index contributed by atoms with van der Waals surface area (Å²) in [5.74, 6) is 0.183. The first kappa shape index (κ1) is 19.2. The lowest BCUT2D eigenvalue weighted by Crippen LogP contribution is -2.35. The number of carbonyl (C=O) groups is 2. The van der Waals surface area contributed by atoms with Gasteiger partial charge in [-0.3, -0.25) is 9.59 Å². The molecule has 27 heavy (non-hydrogen) atoms. The van der Waals surface area contributed by atoms with Crippen molar-refractivity contribution in [2.24, 2.45) is 11.8 Å². The Morgan fingerprint density at radius 3 is 1.96 bits per heavy atom. The molecule has 0 unspecified atom stereocenters. The molecule has 0 aliphatic heterocycles. The molecular weight excluding hydrogens is 336 g/mol. The molecule has 1 fully saturated rings. The minimum atomic E-state index is -0.0119. The third-order valence-corrected chi connectivity index (χ3v) is 5.51. The van der Waals surface area contributed by atoms with E-state index in [4.69, 9.17) is 0 Å². The number of rotatable bonds is 5.